The minimum absolute atomic E-state index is 0.0807. The van der Waals surface area contributed by atoms with Crippen molar-refractivity contribution in [3.05, 3.63) is 30.4 Å². The molecule has 0 aliphatic carbocycles. The van der Waals surface area contributed by atoms with Gasteiger partial charge in [-0.3, -0.25) is 5.10 Å². The Morgan fingerprint density at radius 1 is 1.38 bits per heavy atom. The lowest BCUT2D eigenvalue weighted by Gasteiger charge is -2.10. The minimum Gasteiger partial charge on any atom is -0.398 e. The van der Waals surface area contributed by atoms with E-state index in [9.17, 15) is 8.42 Å². The van der Waals surface area contributed by atoms with Gasteiger partial charge in [-0.25, -0.2) is 18.1 Å². The van der Waals surface area contributed by atoms with E-state index >= 15 is 0 Å². The highest BCUT2D eigenvalue weighted by atomic mass is 32.2. The van der Waals surface area contributed by atoms with Crippen LogP contribution in [-0.4, -0.2) is 37.2 Å². The van der Waals surface area contributed by atoms with Gasteiger partial charge in [0, 0.05) is 18.7 Å². The van der Waals surface area contributed by atoms with Gasteiger partial charge in [0.1, 0.15) is 17.0 Å². The molecule has 0 saturated heterocycles. The van der Waals surface area contributed by atoms with Gasteiger partial charge >= 0.3 is 0 Å². The molecule has 0 aliphatic heterocycles. The van der Waals surface area contributed by atoms with Gasteiger partial charge in [0.2, 0.25) is 10.0 Å². The summed E-state index contributed by atoms with van der Waals surface area (Å²) in [4.78, 5) is 4.12. The second-order valence-corrected chi connectivity index (χ2v) is 6.28. The van der Waals surface area contributed by atoms with Crippen molar-refractivity contribution in [2.24, 2.45) is 0 Å². The summed E-state index contributed by atoms with van der Waals surface area (Å²) >= 11 is 0. The van der Waals surface area contributed by atoms with Crippen LogP contribution in [0.3, 0.4) is 0 Å². The van der Waals surface area contributed by atoms with Crippen LogP contribution in [0.25, 0.3) is 0 Å². The first-order chi connectivity index (χ1) is 10.0. The number of aryl methyl sites for hydroxylation is 1. The summed E-state index contributed by atoms with van der Waals surface area (Å²) in [5.74, 6) is 0.840. The Morgan fingerprint density at radius 2 is 2.19 bits per heavy atom. The van der Waals surface area contributed by atoms with Gasteiger partial charge in [-0.05, 0) is 31.7 Å². The van der Waals surface area contributed by atoms with Gasteiger partial charge in [0.25, 0.3) is 0 Å². The van der Waals surface area contributed by atoms with Crippen molar-refractivity contribution in [2.45, 2.75) is 17.7 Å². The summed E-state index contributed by atoms with van der Waals surface area (Å²) in [5, 5.41) is 9.76. The Bertz CT molecular complexity index is 684. The van der Waals surface area contributed by atoms with E-state index in [1.807, 2.05) is 0 Å². The molecule has 21 heavy (non-hydrogen) atoms. The summed E-state index contributed by atoms with van der Waals surface area (Å²) in [7, 11) is -2.17. The van der Waals surface area contributed by atoms with Crippen molar-refractivity contribution in [2.75, 3.05) is 24.6 Å². The Balaban J connectivity index is 1.91. The highest BCUT2D eigenvalue weighted by Crippen LogP contribution is 2.22. The van der Waals surface area contributed by atoms with E-state index in [-0.39, 0.29) is 10.6 Å². The first kappa shape index (κ1) is 15.3. The van der Waals surface area contributed by atoms with Crippen LogP contribution in [0.15, 0.2) is 29.4 Å². The molecule has 0 amide bonds. The zero-order valence-electron chi connectivity index (χ0n) is 11.6. The monoisotopic (exact) mass is 310 g/mol. The van der Waals surface area contributed by atoms with Gasteiger partial charge < -0.3 is 11.1 Å². The van der Waals surface area contributed by atoms with Gasteiger partial charge in [-0.2, -0.15) is 5.10 Å². The van der Waals surface area contributed by atoms with Crippen molar-refractivity contribution in [3.8, 4) is 0 Å². The van der Waals surface area contributed by atoms with Gasteiger partial charge in [0.15, 0.2) is 0 Å². The Hall–Kier alpha value is -2.13. The molecule has 2 rings (SSSR count). The second kappa shape index (κ2) is 6.55. The van der Waals surface area contributed by atoms with Crippen LogP contribution in [0.5, 0.6) is 0 Å². The number of hydrogen-bond donors (Lipinski definition) is 4. The lowest BCUT2D eigenvalue weighted by Crippen LogP contribution is -2.20. The van der Waals surface area contributed by atoms with E-state index in [0.717, 1.165) is 30.9 Å². The van der Waals surface area contributed by atoms with Crippen molar-refractivity contribution < 1.29 is 8.42 Å². The lowest BCUT2D eigenvalue weighted by atomic mass is 10.2. The van der Waals surface area contributed by atoms with Crippen LogP contribution in [0, 0.1) is 0 Å². The SMILES string of the molecule is CNS(=O)(=O)c1ccc(NCCCc2ncn[nH]2)cc1N. The van der Waals surface area contributed by atoms with E-state index in [1.165, 1.54) is 19.4 Å². The van der Waals surface area contributed by atoms with Crippen molar-refractivity contribution >= 4 is 21.4 Å². The third-order valence-electron chi connectivity index (χ3n) is 2.95. The molecule has 0 fully saturated rings. The molecule has 1 aromatic heterocycles. The fourth-order valence-electron chi connectivity index (χ4n) is 1.85. The highest BCUT2D eigenvalue weighted by Gasteiger charge is 2.15. The molecule has 0 saturated carbocycles. The molecular weight excluding hydrogens is 292 g/mol. The highest BCUT2D eigenvalue weighted by molar-refractivity contribution is 7.89. The lowest BCUT2D eigenvalue weighted by molar-refractivity contribution is 0.588. The molecule has 114 valence electrons. The van der Waals surface area contributed by atoms with E-state index < -0.39 is 10.0 Å². The topological polar surface area (TPSA) is 126 Å². The zero-order chi connectivity index (χ0) is 15.3. The normalized spacial score (nSPS) is 11.5. The number of benzene rings is 1. The van der Waals surface area contributed by atoms with Crippen LogP contribution in [0.1, 0.15) is 12.2 Å². The number of anilines is 2. The number of aromatic amines is 1. The number of aromatic nitrogens is 3. The third-order valence-corrected chi connectivity index (χ3v) is 4.44. The second-order valence-electron chi connectivity index (χ2n) is 4.42. The number of H-pyrrole nitrogens is 1. The predicted octanol–water partition coefficient (Wildman–Crippen LogP) is 0.340. The summed E-state index contributed by atoms with van der Waals surface area (Å²) in [6.07, 6.45) is 3.13. The summed E-state index contributed by atoms with van der Waals surface area (Å²) in [5.41, 5.74) is 6.77. The van der Waals surface area contributed by atoms with Crippen molar-refractivity contribution in [1.29, 1.82) is 0 Å². The number of hydrogen-bond acceptors (Lipinski definition) is 6. The number of sulfonamides is 1. The third kappa shape index (κ3) is 3.92. The number of nitrogens with one attached hydrogen (secondary N) is 3. The maximum Gasteiger partial charge on any atom is 0.242 e. The standard InChI is InChI=1S/C12H18N6O2S/c1-14-21(19,20)11-5-4-9(7-10(11)13)15-6-2-3-12-16-8-17-18-12/h4-5,7-8,14-15H,2-3,6,13H2,1H3,(H,16,17,18). The van der Waals surface area contributed by atoms with E-state index in [4.69, 9.17) is 5.73 Å². The molecular formula is C12H18N6O2S. The summed E-state index contributed by atoms with van der Waals surface area (Å²) < 4.78 is 25.6. The average molecular weight is 310 g/mol. The molecule has 8 nitrogen and oxygen atoms in total. The first-order valence-electron chi connectivity index (χ1n) is 6.44. The zero-order valence-corrected chi connectivity index (χ0v) is 12.4. The van der Waals surface area contributed by atoms with Crippen LogP contribution < -0.4 is 15.8 Å². The summed E-state index contributed by atoms with van der Waals surface area (Å²) in [6.45, 7) is 0.721. The van der Waals surface area contributed by atoms with Crippen molar-refractivity contribution in [3.63, 3.8) is 0 Å². The smallest absolute Gasteiger partial charge is 0.242 e. The van der Waals surface area contributed by atoms with Crippen LogP contribution in [-0.2, 0) is 16.4 Å². The number of nitrogens with two attached hydrogens (primary N) is 1. The van der Waals surface area contributed by atoms with Gasteiger partial charge in [-0.15, -0.1) is 0 Å². The number of rotatable bonds is 7. The Morgan fingerprint density at radius 3 is 2.81 bits per heavy atom. The summed E-state index contributed by atoms with van der Waals surface area (Å²) in [6, 6.07) is 4.79. The molecule has 5 N–H and O–H groups in total. The van der Waals surface area contributed by atoms with Crippen LogP contribution in [0.4, 0.5) is 11.4 Å². The molecule has 9 heteroatoms. The van der Waals surface area contributed by atoms with Gasteiger partial charge in [-0.1, -0.05) is 0 Å². The van der Waals surface area contributed by atoms with E-state index in [0.29, 0.717) is 0 Å². The molecule has 0 aliphatic rings. The number of nitrogens with zero attached hydrogens (tertiary/aromatic N) is 2. The fraction of sp³-hybridized carbons (Fsp3) is 0.333. The average Bonchev–Trinajstić information content (AvgIpc) is 2.96. The number of nitrogen functional groups attached to an aromatic ring is 1. The molecule has 2 aromatic rings. The molecule has 0 atom stereocenters. The molecule has 1 aromatic carbocycles. The first-order valence-corrected chi connectivity index (χ1v) is 7.92. The molecule has 0 radical (unpaired) electrons. The van der Waals surface area contributed by atoms with Crippen LogP contribution in [0.2, 0.25) is 0 Å². The maximum absolute atomic E-state index is 11.7. The molecule has 0 unspecified atom stereocenters. The van der Waals surface area contributed by atoms with E-state index in [1.54, 1.807) is 12.1 Å². The predicted molar refractivity (Wildman–Crippen MR) is 80.3 cm³/mol. The van der Waals surface area contributed by atoms with E-state index in [2.05, 4.69) is 25.2 Å². The Labute approximate surface area is 123 Å². The molecule has 1 heterocycles. The van der Waals surface area contributed by atoms with Gasteiger partial charge in [0.05, 0.1) is 5.69 Å². The largest absolute Gasteiger partial charge is 0.398 e. The minimum atomic E-state index is -3.52. The van der Waals surface area contributed by atoms with Crippen LogP contribution >= 0.6 is 0 Å². The fourth-order valence-corrected chi connectivity index (χ4v) is 2.69. The Kier molecular flexibility index (Phi) is 4.76. The molecule has 0 bridgehead atoms. The quantitative estimate of drug-likeness (QED) is 0.431. The van der Waals surface area contributed by atoms with Crippen molar-refractivity contribution in [1.82, 2.24) is 19.9 Å². The maximum atomic E-state index is 11.7. The molecule has 0 spiro atoms.